The van der Waals surface area contributed by atoms with E-state index in [1.807, 2.05) is 38.1 Å². The van der Waals surface area contributed by atoms with Crippen LogP contribution in [0.5, 0.6) is 0 Å². The highest BCUT2D eigenvalue weighted by atomic mass is 16.2. The molecule has 10 heteroatoms. The van der Waals surface area contributed by atoms with E-state index in [0.29, 0.717) is 40.6 Å². The lowest BCUT2D eigenvalue weighted by Crippen LogP contribution is -2.47. The summed E-state index contributed by atoms with van der Waals surface area (Å²) in [6.07, 6.45) is 3.78. The monoisotopic (exact) mass is 428 g/mol. The normalized spacial score (nSPS) is 19.5. The number of carbonyl (C=O) groups is 2. The van der Waals surface area contributed by atoms with Gasteiger partial charge in [-0.1, -0.05) is 25.1 Å². The van der Waals surface area contributed by atoms with Crippen molar-refractivity contribution in [2.75, 3.05) is 16.8 Å². The number of H-pyrrole nitrogens is 1. The Morgan fingerprint density at radius 1 is 1.16 bits per heavy atom. The number of benzene rings is 1. The molecule has 2 N–H and O–H groups in total. The first-order valence-electron chi connectivity index (χ1n) is 10.5. The molecule has 0 saturated heterocycles. The second kappa shape index (κ2) is 6.46. The lowest BCUT2D eigenvalue weighted by molar-refractivity contribution is -0.126. The van der Waals surface area contributed by atoms with Crippen LogP contribution >= 0.6 is 0 Å². The first-order chi connectivity index (χ1) is 15.6. The molecule has 1 unspecified atom stereocenters. The minimum absolute atomic E-state index is 0.0336. The van der Waals surface area contributed by atoms with Gasteiger partial charge in [-0.25, -0.2) is 15.0 Å². The number of para-hydroxylation sites is 1. The Morgan fingerprint density at radius 2 is 2.00 bits per heavy atom. The second-order valence-electron chi connectivity index (χ2n) is 8.12. The highest BCUT2D eigenvalue weighted by Gasteiger charge is 2.57. The highest BCUT2D eigenvalue weighted by molar-refractivity contribution is 6.16. The maximum absolute atomic E-state index is 14.0. The molecule has 0 fully saturated rings. The third-order valence-corrected chi connectivity index (χ3v) is 6.29. The molecule has 0 saturated carbocycles. The van der Waals surface area contributed by atoms with Gasteiger partial charge in [0, 0.05) is 24.2 Å². The molecule has 2 aliphatic heterocycles. The van der Waals surface area contributed by atoms with E-state index in [1.165, 1.54) is 12.7 Å². The number of nitrogens with one attached hydrogen (secondary N) is 2. The van der Waals surface area contributed by atoms with E-state index >= 15 is 0 Å². The van der Waals surface area contributed by atoms with Crippen molar-refractivity contribution in [1.82, 2.24) is 29.7 Å². The SMILES string of the molecule is CCCN1C(=O)C2(CC(=O)Nc3c2c(C)nn3-c2ncnc3nc[nH]c23)c2ccccc21. The molecular formula is C22H20N8O2. The molecule has 0 aliphatic carbocycles. The van der Waals surface area contributed by atoms with Crippen LogP contribution in [-0.2, 0) is 15.0 Å². The van der Waals surface area contributed by atoms with Crippen molar-refractivity contribution < 1.29 is 9.59 Å². The number of nitrogens with zero attached hydrogens (tertiary/aromatic N) is 6. The van der Waals surface area contributed by atoms with Crippen molar-refractivity contribution in [2.45, 2.75) is 32.1 Å². The predicted octanol–water partition coefficient (Wildman–Crippen LogP) is 2.23. The number of fused-ring (bicyclic) bond motifs is 5. The van der Waals surface area contributed by atoms with Crippen LogP contribution in [0.25, 0.3) is 17.0 Å². The van der Waals surface area contributed by atoms with Crippen LogP contribution in [0.15, 0.2) is 36.9 Å². The maximum Gasteiger partial charge on any atom is 0.242 e. The van der Waals surface area contributed by atoms with Gasteiger partial charge in [-0.2, -0.15) is 9.78 Å². The van der Waals surface area contributed by atoms with Gasteiger partial charge in [0.15, 0.2) is 11.5 Å². The van der Waals surface area contributed by atoms with Crippen LogP contribution in [0.4, 0.5) is 11.5 Å². The van der Waals surface area contributed by atoms with Crippen molar-refractivity contribution in [2.24, 2.45) is 0 Å². The zero-order valence-corrected chi connectivity index (χ0v) is 17.6. The fraction of sp³-hybridized carbons (Fsp3) is 0.273. The van der Waals surface area contributed by atoms with Crippen molar-refractivity contribution in [3.05, 3.63) is 53.7 Å². The molecule has 10 nitrogen and oxygen atoms in total. The summed E-state index contributed by atoms with van der Waals surface area (Å²) in [6, 6.07) is 7.72. The molecule has 1 atom stereocenters. The fourth-order valence-electron chi connectivity index (χ4n) is 5.11. The number of aromatic nitrogens is 6. The van der Waals surface area contributed by atoms with E-state index in [-0.39, 0.29) is 18.2 Å². The molecule has 2 aliphatic rings. The number of hydrogen-bond acceptors (Lipinski definition) is 6. The molecule has 4 aromatic rings. The topological polar surface area (TPSA) is 122 Å². The molecule has 0 radical (unpaired) electrons. The molecular weight excluding hydrogens is 408 g/mol. The summed E-state index contributed by atoms with van der Waals surface area (Å²) in [5, 5.41) is 7.67. The largest absolute Gasteiger partial charge is 0.340 e. The van der Waals surface area contributed by atoms with Gasteiger partial charge < -0.3 is 15.2 Å². The molecule has 32 heavy (non-hydrogen) atoms. The number of carbonyl (C=O) groups excluding carboxylic acids is 2. The second-order valence-corrected chi connectivity index (χ2v) is 8.12. The number of amides is 2. The number of imidazole rings is 1. The molecule has 160 valence electrons. The Balaban J connectivity index is 1.65. The lowest BCUT2D eigenvalue weighted by Gasteiger charge is -2.33. The Bertz CT molecular complexity index is 1420. The number of anilines is 2. The molecule has 2 amide bonds. The van der Waals surface area contributed by atoms with Gasteiger partial charge in [0.1, 0.15) is 23.1 Å². The van der Waals surface area contributed by atoms with Gasteiger partial charge in [-0.3, -0.25) is 9.59 Å². The van der Waals surface area contributed by atoms with Crippen molar-refractivity contribution in [3.63, 3.8) is 0 Å². The van der Waals surface area contributed by atoms with Gasteiger partial charge >= 0.3 is 0 Å². The Morgan fingerprint density at radius 3 is 2.84 bits per heavy atom. The number of aryl methyl sites for hydroxylation is 1. The van der Waals surface area contributed by atoms with E-state index in [4.69, 9.17) is 5.10 Å². The quantitative estimate of drug-likeness (QED) is 0.516. The number of hydrogen-bond donors (Lipinski definition) is 2. The van der Waals surface area contributed by atoms with Crippen LogP contribution in [0.2, 0.25) is 0 Å². The minimum Gasteiger partial charge on any atom is -0.340 e. The van der Waals surface area contributed by atoms with Gasteiger partial charge in [-0.05, 0) is 25.0 Å². The molecule has 5 heterocycles. The average molecular weight is 428 g/mol. The number of rotatable bonds is 3. The van der Waals surface area contributed by atoms with Crippen molar-refractivity contribution >= 4 is 34.5 Å². The summed E-state index contributed by atoms with van der Waals surface area (Å²) < 4.78 is 1.57. The summed E-state index contributed by atoms with van der Waals surface area (Å²) in [7, 11) is 0. The standard InChI is InChI=1S/C22H20N8O2/c1-3-8-29-14-7-5-4-6-13(14)22(21(29)32)9-15(31)27-19-16(22)12(2)28-30(19)20-17-18(24-10-23-17)25-11-26-20/h4-7,10-11H,3,8-9H2,1-2H3,(H,27,31)(H,23,24,25,26). The van der Waals surface area contributed by atoms with E-state index in [9.17, 15) is 9.59 Å². The smallest absolute Gasteiger partial charge is 0.242 e. The minimum atomic E-state index is -1.12. The van der Waals surface area contributed by atoms with E-state index < -0.39 is 5.41 Å². The van der Waals surface area contributed by atoms with Crippen LogP contribution in [0.3, 0.4) is 0 Å². The van der Waals surface area contributed by atoms with E-state index in [2.05, 4.69) is 25.3 Å². The summed E-state index contributed by atoms with van der Waals surface area (Å²) >= 11 is 0. The molecule has 0 bridgehead atoms. The third-order valence-electron chi connectivity index (χ3n) is 6.29. The van der Waals surface area contributed by atoms with Gasteiger partial charge in [0.25, 0.3) is 0 Å². The lowest BCUT2D eigenvalue weighted by atomic mass is 9.70. The summed E-state index contributed by atoms with van der Waals surface area (Å²) in [6.45, 7) is 4.48. The van der Waals surface area contributed by atoms with Gasteiger partial charge in [-0.15, -0.1) is 0 Å². The molecule has 3 aromatic heterocycles. The first kappa shape index (κ1) is 18.7. The first-order valence-corrected chi connectivity index (χ1v) is 10.5. The molecule has 6 rings (SSSR count). The summed E-state index contributed by atoms with van der Waals surface area (Å²) in [5.41, 5.74) is 3.03. The molecule has 1 spiro atoms. The fourth-order valence-corrected chi connectivity index (χ4v) is 5.11. The number of aromatic amines is 1. The Hall–Kier alpha value is -4.08. The van der Waals surface area contributed by atoms with Crippen LogP contribution in [0.1, 0.15) is 36.6 Å². The zero-order chi connectivity index (χ0) is 22.0. The van der Waals surface area contributed by atoms with Crippen molar-refractivity contribution in [1.29, 1.82) is 0 Å². The van der Waals surface area contributed by atoms with E-state index in [1.54, 1.807) is 9.58 Å². The predicted molar refractivity (Wildman–Crippen MR) is 117 cm³/mol. The van der Waals surface area contributed by atoms with E-state index in [0.717, 1.165) is 17.7 Å². The van der Waals surface area contributed by atoms with Crippen LogP contribution < -0.4 is 10.2 Å². The maximum atomic E-state index is 14.0. The zero-order valence-electron chi connectivity index (χ0n) is 17.6. The summed E-state index contributed by atoms with van der Waals surface area (Å²) in [5.74, 6) is 0.580. The third kappa shape index (κ3) is 2.23. The summed E-state index contributed by atoms with van der Waals surface area (Å²) in [4.78, 5) is 44.6. The van der Waals surface area contributed by atoms with Gasteiger partial charge in [0.05, 0.1) is 12.0 Å². The highest BCUT2D eigenvalue weighted by Crippen LogP contribution is 2.53. The van der Waals surface area contributed by atoms with Crippen LogP contribution in [-0.4, -0.2) is 48.1 Å². The van der Waals surface area contributed by atoms with Gasteiger partial charge in [0.2, 0.25) is 11.8 Å². The molecule has 1 aromatic carbocycles. The Kier molecular flexibility index (Phi) is 3.77. The average Bonchev–Trinajstić information content (AvgIpc) is 3.46. The Labute approximate surface area is 182 Å². The van der Waals surface area contributed by atoms with Crippen molar-refractivity contribution in [3.8, 4) is 5.82 Å². The van der Waals surface area contributed by atoms with Crippen LogP contribution in [0, 0.1) is 6.92 Å².